The first kappa shape index (κ1) is 12.0. The molecule has 1 aliphatic rings. The van der Waals surface area contributed by atoms with Crippen LogP contribution in [0.4, 0.5) is 5.69 Å². The Morgan fingerprint density at radius 1 is 1.21 bits per heavy atom. The van der Waals surface area contributed by atoms with Gasteiger partial charge in [0.25, 0.3) is 11.7 Å². The lowest BCUT2D eigenvalue weighted by atomic mass is 10.1. The van der Waals surface area contributed by atoms with Gasteiger partial charge in [-0.25, -0.2) is 0 Å². The summed E-state index contributed by atoms with van der Waals surface area (Å²) in [6.45, 7) is 1.90. The molecule has 0 bridgehead atoms. The molecule has 0 unspecified atom stereocenters. The van der Waals surface area contributed by atoms with Crippen LogP contribution in [0, 0.1) is 6.92 Å². The number of Topliss-reactive ketones (excluding diaryl/α,β-unsaturated/α-hetero) is 1. The third kappa shape index (κ3) is 1.86. The van der Waals surface area contributed by atoms with Crippen molar-refractivity contribution in [2.45, 2.75) is 16.7 Å². The number of benzene rings is 1. The number of furan rings is 1. The minimum atomic E-state index is -0.475. The molecule has 19 heavy (non-hydrogen) atoms. The molecule has 1 aromatic heterocycles. The summed E-state index contributed by atoms with van der Waals surface area (Å²) in [7, 11) is 1.61. The predicted octanol–water partition coefficient (Wildman–Crippen LogP) is 2.90. The average Bonchev–Trinajstić information content (AvgIpc) is 2.89. The molecular weight excluding hydrogens is 262 g/mol. The van der Waals surface area contributed by atoms with Crippen molar-refractivity contribution in [2.24, 2.45) is 0 Å². The van der Waals surface area contributed by atoms with Crippen LogP contribution in [-0.4, -0.2) is 18.7 Å². The Labute approximate surface area is 114 Å². The molecule has 0 fully saturated rings. The maximum absolute atomic E-state index is 11.7. The molecule has 1 aliphatic heterocycles. The van der Waals surface area contributed by atoms with E-state index < -0.39 is 11.7 Å². The van der Waals surface area contributed by atoms with Crippen LogP contribution in [0.25, 0.3) is 0 Å². The lowest BCUT2D eigenvalue weighted by Crippen LogP contribution is -2.24. The van der Waals surface area contributed by atoms with E-state index >= 15 is 0 Å². The first-order valence-corrected chi connectivity index (χ1v) is 6.58. The zero-order valence-electron chi connectivity index (χ0n) is 10.5. The molecule has 1 aromatic carbocycles. The quantitative estimate of drug-likeness (QED) is 0.789. The summed E-state index contributed by atoms with van der Waals surface area (Å²) in [6, 6.07) is 7.31. The van der Waals surface area contributed by atoms with Crippen molar-refractivity contribution in [3.8, 4) is 0 Å². The highest BCUT2D eigenvalue weighted by Gasteiger charge is 2.33. The Morgan fingerprint density at radius 3 is 2.68 bits per heavy atom. The Morgan fingerprint density at radius 2 is 2.00 bits per heavy atom. The number of rotatable bonds is 2. The van der Waals surface area contributed by atoms with Crippen LogP contribution in [0.5, 0.6) is 0 Å². The first-order chi connectivity index (χ1) is 9.08. The van der Waals surface area contributed by atoms with Crippen molar-refractivity contribution in [1.29, 1.82) is 0 Å². The van der Waals surface area contributed by atoms with Gasteiger partial charge in [0.1, 0.15) is 5.76 Å². The van der Waals surface area contributed by atoms with Crippen LogP contribution in [0.15, 0.2) is 44.7 Å². The van der Waals surface area contributed by atoms with Crippen LogP contribution in [0.1, 0.15) is 16.1 Å². The molecule has 3 rings (SSSR count). The number of amides is 1. The molecule has 0 spiro atoms. The van der Waals surface area contributed by atoms with Crippen LogP contribution in [0.3, 0.4) is 0 Å². The Kier molecular flexibility index (Phi) is 2.71. The second-order valence-corrected chi connectivity index (χ2v) is 5.43. The highest BCUT2D eigenvalue weighted by molar-refractivity contribution is 7.99. The monoisotopic (exact) mass is 273 g/mol. The smallest absolute Gasteiger partial charge is 0.299 e. The van der Waals surface area contributed by atoms with E-state index in [1.54, 1.807) is 31.1 Å². The fraction of sp³-hybridized carbons (Fsp3) is 0.143. The molecule has 2 aromatic rings. The van der Waals surface area contributed by atoms with Crippen molar-refractivity contribution in [3.05, 3.63) is 41.9 Å². The van der Waals surface area contributed by atoms with Gasteiger partial charge in [0, 0.05) is 11.9 Å². The fourth-order valence-electron chi connectivity index (χ4n) is 2.03. The van der Waals surface area contributed by atoms with Crippen molar-refractivity contribution < 1.29 is 14.0 Å². The number of likely N-dealkylation sites (N-methyl/N-ethyl adjacent to an activating group) is 1. The van der Waals surface area contributed by atoms with Crippen LogP contribution < -0.4 is 4.90 Å². The third-order valence-corrected chi connectivity index (χ3v) is 4.25. The van der Waals surface area contributed by atoms with Gasteiger partial charge in [-0.2, -0.15) is 0 Å². The van der Waals surface area contributed by atoms with E-state index in [-0.39, 0.29) is 0 Å². The summed E-state index contributed by atoms with van der Waals surface area (Å²) in [6.07, 6.45) is 1.64. The fourth-order valence-corrected chi connectivity index (χ4v) is 2.90. The number of carbonyl (C=O) groups excluding carboxylic acids is 2. The molecule has 0 N–H and O–H groups in total. The molecule has 5 heteroatoms. The molecule has 0 saturated carbocycles. The van der Waals surface area contributed by atoms with Gasteiger partial charge in [0.05, 0.1) is 22.4 Å². The second-order valence-electron chi connectivity index (χ2n) is 4.32. The zero-order chi connectivity index (χ0) is 13.6. The number of carbonyl (C=O) groups is 2. The molecular formula is C14H11NO3S. The van der Waals surface area contributed by atoms with Gasteiger partial charge in [-0.15, -0.1) is 0 Å². The maximum Gasteiger partial charge on any atom is 0.299 e. The van der Waals surface area contributed by atoms with E-state index in [1.807, 2.05) is 25.1 Å². The van der Waals surface area contributed by atoms with E-state index in [0.29, 0.717) is 11.3 Å². The van der Waals surface area contributed by atoms with Crippen LogP contribution >= 0.6 is 11.8 Å². The molecule has 2 heterocycles. The lowest BCUT2D eigenvalue weighted by molar-refractivity contribution is -0.114. The molecule has 1 amide bonds. The summed E-state index contributed by atoms with van der Waals surface area (Å²) in [4.78, 5) is 26.7. The SMILES string of the molecule is Cc1occc1Sc1ccc2c(c1)N(C)C(=O)C2=O. The molecule has 4 nitrogen and oxygen atoms in total. The first-order valence-electron chi connectivity index (χ1n) is 5.76. The van der Waals surface area contributed by atoms with E-state index in [9.17, 15) is 9.59 Å². The Bertz CT molecular complexity index is 690. The van der Waals surface area contributed by atoms with Crippen LogP contribution in [-0.2, 0) is 4.79 Å². The standard InChI is InChI=1S/C14H11NO3S/c1-8-12(5-6-18-8)19-9-3-4-10-11(7-9)15(2)14(17)13(10)16/h3-7H,1-2H3. The number of nitrogens with zero attached hydrogens (tertiary/aromatic N) is 1. The number of hydrogen-bond acceptors (Lipinski definition) is 4. The van der Waals surface area contributed by atoms with Crippen LogP contribution in [0.2, 0.25) is 0 Å². The average molecular weight is 273 g/mol. The molecule has 0 saturated heterocycles. The third-order valence-electron chi connectivity index (χ3n) is 3.11. The van der Waals surface area contributed by atoms with Gasteiger partial charge < -0.3 is 9.32 Å². The minimum absolute atomic E-state index is 0.437. The summed E-state index contributed by atoms with van der Waals surface area (Å²) >= 11 is 1.55. The Balaban J connectivity index is 1.97. The number of hydrogen-bond donors (Lipinski definition) is 0. The highest BCUT2D eigenvalue weighted by Crippen LogP contribution is 2.36. The van der Waals surface area contributed by atoms with E-state index in [0.717, 1.165) is 15.6 Å². The highest BCUT2D eigenvalue weighted by atomic mass is 32.2. The summed E-state index contributed by atoms with van der Waals surface area (Å²) in [5.74, 6) is -0.0591. The van der Waals surface area contributed by atoms with Gasteiger partial charge in [0.15, 0.2) is 0 Å². The number of ketones is 1. The molecule has 0 aliphatic carbocycles. The second kappa shape index (κ2) is 4.28. The largest absolute Gasteiger partial charge is 0.468 e. The van der Waals surface area contributed by atoms with Gasteiger partial charge in [-0.05, 0) is 31.2 Å². The topological polar surface area (TPSA) is 50.5 Å². The predicted molar refractivity (Wildman–Crippen MR) is 71.8 cm³/mol. The van der Waals surface area contributed by atoms with Crippen molar-refractivity contribution in [2.75, 3.05) is 11.9 Å². The number of anilines is 1. The summed E-state index contributed by atoms with van der Waals surface area (Å²) in [5.41, 5.74) is 1.14. The number of fused-ring (bicyclic) bond motifs is 1. The molecule has 0 radical (unpaired) electrons. The van der Waals surface area contributed by atoms with Crippen molar-refractivity contribution in [3.63, 3.8) is 0 Å². The number of aryl methyl sites for hydroxylation is 1. The maximum atomic E-state index is 11.7. The van der Waals surface area contributed by atoms with Gasteiger partial charge in [-0.1, -0.05) is 11.8 Å². The lowest BCUT2D eigenvalue weighted by Gasteiger charge is -2.09. The summed E-state index contributed by atoms with van der Waals surface area (Å²) < 4.78 is 5.25. The van der Waals surface area contributed by atoms with Gasteiger partial charge >= 0.3 is 0 Å². The molecule has 0 atom stereocenters. The zero-order valence-corrected chi connectivity index (χ0v) is 11.3. The van der Waals surface area contributed by atoms with Crippen molar-refractivity contribution in [1.82, 2.24) is 0 Å². The van der Waals surface area contributed by atoms with E-state index in [1.165, 1.54) is 4.90 Å². The van der Waals surface area contributed by atoms with Crippen molar-refractivity contribution >= 4 is 29.1 Å². The van der Waals surface area contributed by atoms with Gasteiger partial charge in [-0.3, -0.25) is 9.59 Å². The minimum Gasteiger partial charge on any atom is -0.468 e. The Hall–Kier alpha value is -2.01. The normalized spacial score (nSPS) is 14.1. The van der Waals surface area contributed by atoms with Gasteiger partial charge in [0.2, 0.25) is 0 Å². The van der Waals surface area contributed by atoms with E-state index in [4.69, 9.17) is 4.42 Å². The summed E-state index contributed by atoms with van der Waals surface area (Å²) in [5, 5.41) is 0. The van der Waals surface area contributed by atoms with E-state index in [2.05, 4.69) is 0 Å². The molecule has 96 valence electrons.